The second kappa shape index (κ2) is 6.62. The lowest BCUT2D eigenvalue weighted by Gasteiger charge is -2.25. The molecule has 114 valence electrons. The normalized spacial score (nSPS) is 16.6. The van der Waals surface area contributed by atoms with E-state index in [0.29, 0.717) is 6.42 Å². The van der Waals surface area contributed by atoms with Gasteiger partial charge in [0.05, 0.1) is 5.69 Å². The van der Waals surface area contributed by atoms with E-state index in [2.05, 4.69) is 22.8 Å². The van der Waals surface area contributed by atoms with Gasteiger partial charge < -0.3 is 15.4 Å². The Kier molecular flexibility index (Phi) is 4.39. The van der Waals surface area contributed by atoms with E-state index < -0.39 is 0 Å². The highest BCUT2D eigenvalue weighted by atomic mass is 16.5. The van der Waals surface area contributed by atoms with Crippen LogP contribution >= 0.6 is 0 Å². The first-order valence-corrected chi connectivity index (χ1v) is 7.61. The van der Waals surface area contributed by atoms with E-state index in [9.17, 15) is 4.79 Å². The van der Waals surface area contributed by atoms with Gasteiger partial charge in [-0.05, 0) is 29.7 Å². The first kappa shape index (κ1) is 14.6. The molecular formula is C18H20N2O2. The molecule has 0 bridgehead atoms. The van der Waals surface area contributed by atoms with Crippen LogP contribution in [-0.2, 0) is 17.9 Å². The average molecular weight is 296 g/mol. The fourth-order valence-electron chi connectivity index (χ4n) is 2.52. The van der Waals surface area contributed by atoms with Crippen LogP contribution in [0.1, 0.15) is 24.5 Å². The first-order chi connectivity index (χ1) is 10.8. The van der Waals surface area contributed by atoms with Crippen LogP contribution in [-0.4, -0.2) is 12.0 Å². The zero-order chi connectivity index (χ0) is 15.4. The van der Waals surface area contributed by atoms with E-state index in [-0.39, 0.29) is 12.0 Å². The zero-order valence-electron chi connectivity index (χ0n) is 12.6. The molecule has 0 saturated carbocycles. The largest absolute Gasteiger partial charge is 0.478 e. The fraction of sp³-hybridized carbons (Fsp3) is 0.278. The Labute approximate surface area is 130 Å². The lowest BCUT2D eigenvalue weighted by atomic mass is 10.1. The summed E-state index contributed by atoms with van der Waals surface area (Å²) in [4.78, 5) is 11.8. The Balaban J connectivity index is 1.62. The monoisotopic (exact) mass is 296 g/mol. The van der Waals surface area contributed by atoms with Gasteiger partial charge >= 0.3 is 0 Å². The third-order valence-corrected chi connectivity index (χ3v) is 3.74. The molecule has 2 aromatic rings. The summed E-state index contributed by atoms with van der Waals surface area (Å²) in [5.74, 6) is 0.683. The summed E-state index contributed by atoms with van der Waals surface area (Å²) in [7, 11) is 0. The molecule has 0 fully saturated rings. The number of fused-ring (bicyclic) bond motifs is 1. The molecule has 3 rings (SSSR count). The molecule has 4 heteroatoms. The molecule has 4 nitrogen and oxygen atoms in total. The Hall–Kier alpha value is -2.33. The third-order valence-electron chi connectivity index (χ3n) is 3.74. The molecule has 1 heterocycles. The zero-order valence-corrected chi connectivity index (χ0v) is 12.6. The van der Waals surface area contributed by atoms with Crippen molar-refractivity contribution in [1.29, 1.82) is 0 Å². The van der Waals surface area contributed by atoms with Gasteiger partial charge in [-0.3, -0.25) is 4.79 Å². The first-order valence-electron chi connectivity index (χ1n) is 7.61. The van der Waals surface area contributed by atoms with Crippen LogP contribution < -0.4 is 15.4 Å². The Bertz CT molecular complexity index is 655. The molecule has 1 amide bonds. The minimum absolute atomic E-state index is 0.0654. The van der Waals surface area contributed by atoms with Gasteiger partial charge in [-0.15, -0.1) is 0 Å². The minimum atomic E-state index is -0.380. The Morgan fingerprint density at radius 1 is 1.09 bits per heavy atom. The van der Waals surface area contributed by atoms with E-state index >= 15 is 0 Å². The molecule has 0 radical (unpaired) electrons. The predicted octanol–water partition coefficient (Wildman–Crippen LogP) is 3.09. The highest BCUT2D eigenvalue weighted by molar-refractivity contribution is 5.97. The topological polar surface area (TPSA) is 50.4 Å². The molecule has 1 atom stereocenters. The molecule has 1 aliphatic heterocycles. The van der Waals surface area contributed by atoms with Crippen molar-refractivity contribution < 1.29 is 9.53 Å². The summed E-state index contributed by atoms with van der Waals surface area (Å²) in [6, 6.07) is 16.2. The third kappa shape index (κ3) is 3.28. The molecule has 1 aliphatic rings. The second-order valence-corrected chi connectivity index (χ2v) is 5.42. The number of hydrogen-bond acceptors (Lipinski definition) is 3. The van der Waals surface area contributed by atoms with Gasteiger partial charge in [0.25, 0.3) is 5.91 Å². The number of hydrogen-bond donors (Lipinski definition) is 2. The summed E-state index contributed by atoms with van der Waals surface area (Å²) < 4.78 is 5.69. The SMILES string of the molecule is CCC1Oc2ccc(CNCc3ccccc3)cc2NC1=O. The van der Waals surface area contributed by atoms with Gasteiger partial charge in [0.1, 0.15) is 5.75 Å². The number of nitrogens with one attached hydrogen (secondary N) is 2. The maximum Gasteiger partial charge on any atom is 0.265 e. The number of carbonyl (C=O) groups is 1. The maximum absolute atomic E-state index is 11.8. The second-order valence-electron chi connectivity index (χ2n) is 5.42. The quantitative estimate of drug-likeness (QED) is 0.891. The van der Waals surface area contributed by atoms with Crippen LogP contribution in [0.4, 0.5) is 5.69 Å². The van der Waals surface area contributed by atoms with Crippen molar-refractivity contribution in [1.82, 2.24) is 5.32 Å². The molecular weight excluding hydrogens is 276 g/mol. The van der Waals surface area contributed by atoms with E-state index in [1.54, 1.807) is 0 Å². The molecule has 0 saturated heterocycles. The van der Waals surface area contributed by atoms with E-state index in [1.807, 2.05) is 43.3 Å². The number of anilines is 1. The molecule has 1 unspecified atom stereocenters. The summed E-state index contributed by atoms with van der Waals surface area (Å²) in [6.07, 6.45) is 0.292. The standard InChI is InChI=1S/C18H20N2O2/c1-2-16-18(21)20-15-10-14(8-9-17(15)22-16)12-19-11-13-6-4-3-5-7-13/h3-10,16,19H,2,11-12H2,1H3,(H,20,21). The number of amides is 1. The van der Waals surface area contributed by atoms with E-state index in [1.165, 1.54) is 5.56 Å². The van der Waals surface area contributed by atoms with Gasteiger partial charge in [0, 0.05) is 13.1 Å². The molecule has 22 heavy (non-hydrogen) atoms. The number of rotatable bonds is 5. The highest BCUT2D eigenvalue weighted by Crippen LogP contribution is 2.31. The van der Waals surface area contributed by atoms with Gasteiger partial charge in [0.15, 0.2) is 6.10 Å². The van der Waals surface area contributed by atoms with Gasteiger partial charge in [-0.2, -0.15) is 0 Å². The van der Waals surface area contributed by atoms with Crippen LogP contribution in [0.25, 0.3) is 0 Å². The fourth-order valence-corrected chi connectivity index (χ4v) is 2.52. The lowest BCUT2D eigenvalue weighted by Crippen LogP contribution is -2.36. The summed E-state index contributed by atoms with van der Waals surface area (Å²) in [5, 5.41) is 6.32. The van der Waals surface area contributed by atoms with Gasteiger partial charge in [-0.1, -0.05) is 43.3 Å². The van der Waals surface area contributed by atoms with E-state index in [0.717, 1.165) is 30.1 Å². The summed E-state index contributed by atoms with van der Waals surface area (Å²) in [5.41, 5.74) is 3.13. The number of benzene rings is 2. The van der Waals surface area contributed by atoms with Crippen LogP contribution in [0.2, 0.25) is 0 Å². The molecule has 2 N–H and O–H groups in total. The summed E-state index contributed by atoms with van der Waals surface area (Å²) in [6.45, 7) is 3.51. The number of ether oxygens (including phenoxy) is 1. The molecule has 0 aliphatic carbocycles. The minimum Gasteiger partial charge on any atom is -0.478 e. The lowest BCUT2D eigenvalue weighted by molar-refractivity contribution is -0.123. The van der Waals surface area contributed by atoms with Crippen molar-refractivity contribution in [3.05, 3.63) is 59.7 Å². The summed E-state index contributed by atoms with van der Waals surface area (Å²) >= 11 is 0. The highest BCUT2D eigenvalue weighted by Gasteiger charge is 2.25. The maximum atomic E-state index is 11.8. The average Bonchev–Trinajstić information content (AvgIpc) is 2.55. The molecule has 0 spiro atoms. The van der Waals surface area contributed by atoms with Gasteiger partial charge in [0.2, 0.25) is 0 Å². The predicted molar refractivity (Wildman–Crippen MR) is 86.8 cm³/mol. The Morgan fingerprint density at radius 3 is 2.64 bits per heavy atom. The van der Waals surface area contributed by atoms with Crippen molar-refractivity contribution in [3.8, 4) is 5.75 Å². The van der Waals surface area contributed by atoms with Crippen molar-refractivity contribution in [2.75, 3.05) is 5.32 Å². The smallest absolute Gasteiger partial charge is 0.265 e. The van der Waals surface area contributed by atoms with Crippen molar-refractivity contribution in [2.24, 2.45) is 0 Å². The number of carbonyl (C=O) groups excluding carboxylic acids is 1. The van der Waals surface area contributed by atoms with Crippen LogP contribution in [0.3, 0.4) is 0 Å². The van der Waals surface area contributed by atoms with Crippen molar-refractivity contribution in [3.63, 3.8) is 0 Å². The van der Waals surface area contributed by atoms with Crippen molar-refractivity contribution in [2.45, 2.75) is 32.5 Å². The van der Waals surface area contributed by atoms with Crippen molar-refractivity contribution >= 4 is 11.6 Å². The molecule has 2 aromatic carbocycles. The van der Waals surface area contributed by atoms with E-state index in [4.69, 9.17) is 4.74 Å². The van der Waals surface area contributed by atoms with Crippen LogP contribution in [0, 0.1) is 0 Å². The van der Waals surface area contributed by atoms with Gasteiger partial charge in [-0.25, -0.2) is 0 Å². The molecule has 0 aromatic heterocycles. The van der Waals surface area contributed by atoms with Crippen LogP contribution in [0.5, 0.6) is 5.75 Å². The van der Waals surface area contributed by atoms with Crippen LogP contribution in [0.15, 0.2) is 48.5 Å². The Morgan fingerprint density at radius 2 is 1.86 bits per heavy atom.